The summed E-state index contributed by atoms with van der Waals surface area (Å²) < 4.78 is 0.935. The van der Waals surface area contributed by atoms with Gasteiger partial charge in [0.1, 0.15) is 6.07 Å². The summed E-state index contributed by atoms with van der Waals surface area (Å²) in [5.41, 5.74) is 0.633. The van der Waals surface area contributed by atoms with E-state index in [-0.39, 0.29) is 0 Å². The van der Waals surface area contributed by atoms with Crippen molar-refractivity contribution in [2.45, 2.75) is 0 Å². The summed E-state index contributed by atoms with van der Waals surface area (Å²) in [6, 6.07) is 7.29. The van der Waals surface area contributed by atoms with Crippen LogP contribution in [0.4, 0.5) is 0 Å². The topological polar surface area (TPSA) is 23.8 Å². The zero-order valence-electron chi connectivity index (χ0n) is 4.94. The third-order valence-corrected chi connectivity index (χ3v) is 2.22. The van der Waals surface area contributed by atoms with Gasteiger partial charge >= 0.3 is 0 Å². The lowest BCUT2D eigenvalue weighted by molar-refractivity contribution is 1.46. The molecule has 0 aliphatic carbocycles. The van der Waals surface area contributed by atoms with Crippen LogP contribution in [0.15, 0.2) is 18.2 Å². The van der Waals surface area contributed by atoms with E-state index in [0.717, 1.165) is 3.57 Å². The van der Waals surface area contributed by atoms with E-state index >= 15 is 0 Å². The minimum absolute atomic E-state index is 0.608. The highest BCUT2D eigenvalue weighted by atomic mass is 127. The molecule has 0 radical (unpaired) electrons. The highest BCUT2D eigenvalue weighted by Gasteiger charge is 1.97. The van der Waals surface area contributed by atoms with Crippen LogP contribution in [0.5, 0.6) is 0 Å². The zero-order chi connectivity index (χ0) is 7.56. The smallest absolute Gasteiger partial charge is 0.100 e. The van der Waals surface area contributed by atoms with E-state index in [1.165, 1.54) is 0 Å². The Balaban J connectivity index is 3.25. The van der Waals surface area contributed by atoms with Gasteiger partial charge in [0.2, 0.25) is 0 Å². The summed E-state index contributed by atoms with van der Waals surface area (Å²) in [7, 11) is 0. The van der Waals surface area contributed by atoms with Crippen LogP contribution < -0.4 is 0 Å². The Kier molecular flexibility index (Phi) is 2.52. The number of nitrogens with zero attached hydrogens (tertiary/aromatic N) is 1. The summed E-state index contributed by atoms with van der Waals surface area (Å²) in [5, 5.41) is 9.14. The number of nitriles is 1. The second kappa shape index (κ2) is 3.22. The van der Waals surface area contributed by atoms with Crippen molar-refractivity contribution < 1.29 is 0 Å². The Labute approximate surface area is 77.8 Å². The summed E-state index contributed by atoms with van der Waals surface area (Å²) in [4.78, 5) is 0. The SMILES string of the molecule is N#Cc1cc(Cl)ccc1I. The first-order valence-corrected chi connectivity index (χ1v) is 4.05. The molecule has 0 saturated heterocycles. The van der Waals surface area contributed by atoms with Crippen LogP contribution in [-0.2, 0) is 0 Å². The van der Waals surface area contributed by atoms with Gasteiger partial charge in [-0.25, -0.2) is 0 Å². The van der Waals surface area contributed by atoms with Crippen molar-refractivity contribution in [2.75, 3.05) is 0 Å². The molecule has 1 aromatic rings. The lowest BCUT2D eigenvalue weighted by Gasteiger charge is -1.93. The van der Waals surface area contributed by atoms with Gasteiger partial charge in [0.05, 0.1) is 5.56 Å². The molecule has 0 heterocycles. The van der Waals surface area contributed by atoms with Crippen molar-refractivity contribution in [2.24, 2.45) is 0 Å². The Bertz CT molecular complexity index is 290. The van der Waals surface area contributed by atoms with Crippen molar-refractivity contribution >= 4 is 34.2 Å². The summed E-state index contributed by atoms with van der Waals surface area (Å²) >= 11 is 7.74. The van der Waals surface area contributed by atoms with Crippen LogP contribution in [0, 0.1) is 14.9 Å². The average Bonchev–Trinajstić information content (AvgIpc) is 1.94. The zero-order valence-corrected chi connectivity index (χ0v) is 7.85. The Morgan fingerprint density at radius 2 is 2.20 bits per heavy atom. The van der Waals surface area contributed by atoms with Crippen molar-refractivity contribution in [3.05, 3.63) is 32.4 Å². The van der Waals surface area contributed by atoms with Gasteiger partial charge in [-0.2, -0.15) is 5.26 Å². The minimum Gasteiger partial charge on any atom is -0.192 e. The number of rotatable bonds is 0. The lowest BCUT2D eigenvalue weighted by Crippen LogP contribution is -1.78. The third-order valence-electron chi connectivity index (χ3n) is 1.05. The Hall–Kier alpha value is -0.270. The van der Waals surface area contributed by atoms with E-state index in [1.807, 2.05) is 12.1 Å². The van der Waals surface area contributed by atoms with E-state index in [2.05, 4.69) is 22.6 Å². The number of halogens is 2. The average molecular weight is 263 g/mol. The maximum absolute atomic E-state index is 8.53. The van der Waals surface area contributed by atoms with Crippen LogP contribution >= 0.6 is 34.2 Å². The molecule has 0 aromatic heterocycles. The molecule has 0 bridgehead atoms. The molecule has 0 spiro atoms. The minimum atomic E-state index is 0.608. The largest absolute Gasteiger partial charge is 0.192 e. The number of benzene rings is 1. The van der Waals surface area contributed by atoms with E-state index in [0.29, 0.717) is 10.6 Å². The van der Waals surface area contributed by atoms with Crippen molar-refractivity contribution in [1.29, 1.82) is 5.26 Å². The van der Waals surface area contributed by atoms with Gasteiger partial charge in [0.25, 0.3) is 0 Å². The molecule has 50 valence electrons. The van der Waals surface area contributed by atoms with E-state index < -0.39 is 0 Å². The molecule has 10 heavy (non-hydrogen) atoms. The highest BCUT2D eigenvalue weighted by Crippen LogP contribution is 2.16. The first-order valence-electron chi connectivity index (χ1n) is 2.59. The van der Waals surface area contributed by atoms with Crippen molar-refractivity contribution in [3.63, 3.8) is 0 Å². The molecule has 0 unspecified atom stereocenters. The first kappa shape index (κ1) is 7.83. The molecular weight excluding hydrogens is 260 g/mol. The van der Waals surface area contributed by atoms with Gasteiger partial charge in [0.15, 0.2) is 0 Å². The highest BCUT2D eigenvalue weighted by molar-refractivity contribution is 14.1. The quantitative estimate of drug-likeness (QED) is 0.660. The normalized spacial score (nSPS) is 8.90. The van der Waals surface area contributed by atoms with Gasteiger partial charge in [0, 0.05) is 8.59 Å². The molecular formula is C7H3ClIN. The summed E-state index contributed by atoms with van der Waals surface area (Å²) in [6.07, 6.45) is 0. The van der Waals surface area contributed by atoms with Crippen LogP contribution in [0.1, 0.15) is 5.56 Å². The fraction of sp³-hybridized carbons (Fsp3) is 0. The van der Waals surface area contributed by atoms with Gasteiger partial charge in [-0.3, -0.25) is 0 Å². The fourth-order valence-corrected chi connectivity index (χ4v) is 1.21. The van der Waals surface area contributed by atoms with Crippen molar-refractivity contribution in [1.82, 2.24) is 0 Å². The molecule has 0 aliphatic heterocycles. The summed E-state index contributed by atoms with van der Waals surface area (Å²) in [6.45, 7) is 0. The van der Waals surface area contributed by atoms with Gasteiger partial charge in [-0.1, -0.05) is 11.6 Å². The van der Waals surface area contributed by atoms with Crippen LogP contribution in [0.25, 0.3) is 0 Å². The monoisotopic (exact) mass is 263 g/mol. The van der Waals surface area contributed by atoms with Gasteiger partial charge in [-0.05, 0) is 40.8 Å². The van der Waals surface area contributed by atoms with Gasteiger partial charge in [-0.15, -0.1) is 0 Å². The second-order valence-electron chi connectivity index (χ2n) is 1.74. The fourth-order valence-electron chi connectivity index (χ4n) is 0.583. The van der Waals surface area contributed by atoms with Crippen molar-refractivity contribution in [3.8, 4) is 6.07 Å². The molecule has 0 saturated carbocycles. The standard InChI is InChI=1S/C7H3ClIN/c8-6-1-2-7(9)5(3-6)4-10/h1-3H. The van der Waals surface area contributed by atoms with Crippen LogP contribution in [-0.4, -0.2) is 0 Å². The van der Waals surface area contributed by atoms with E-state index in [1.54, 1.807) is 12.1 Å². The maximum atomic E-state index is 8.53. The molecule has 0 amide bonds. The Morgan fingerprint density at radius 1 is 1.50 bits per heavy atom. The van der Waals surface area contributed by atoms with Gasteiger partial charge < -0.3 is 0 Å². The van der Waals surface area contributed by atoms with Crippen LogP contribution in [0.3, 0.4) is 0 Å². The summed E-state index contributed by atoms with van der Waals surface area (Å²) in [5.74, 6) is 0. The maximum Gasteiger partial charge on any atom is 0.100 e. The first-order chi connectivity index (χ1) is 4.74. The molecule has 0 fully saturated rings. The predicted molar refractivity (Wildman–Crippen MR) is 48.9 cm³/mol. The van der Waals surface area contributed by atoms with E-state index in [4.69, 9.17) is 16.9 Å². The van der Waals surface area contributed by atoms with E-state index in [9.17, 15) is 0 Å². The molecule has 1 nitrogen and oxygen atoms in total. The molecule has 1 aromatic carbocycles. The molecule has 0 N–H and O–H groups in total. The molecule has 0 atom stereocenters. The third kappa shape index (κ3) is 1.61. The molecule has 3 heteroatoms. The number of hydrogen-bond acceptors (Lipinski definition) is 1. The molecule has 1 rings (SSSR count). The van der Waals surface area contributed by atoms with Crippen LogP contribution in [0.2, 0.25) is 5.02 Å². The predicted octanol–water partition coefficient (Wildman–Crippen LogP) is 2.82. The lowest BCUT2D eigenvalue weighted by atomic mass is 10.2. The molecule has 0 aliphatic rings. The second-order valence-corrected chi connectivity index (χ2v) is 3.33. The number of hydrogen-bond donors (Lipinski definition) is 0. The Morgan fingerprint density at radius 3 is 2.70 bits per heavy atom.